The molecule has 2 aliphatic rings. The van der Waals surface area contributed by atoms with Crippen molar-refractivity contribution in [3.05, 3.63) is 11.6 Å². The van der Waals surface area contributed by atoms with Crippen LogP contribution in [0.25, 0.3) is 0 Å². The summed E-state index contributed by atoms with van der Waals surface area (Å²) in [6, 6.07) is 0. The third-order valence-corrected chi connectivity index (χ3v) is 4.64. The maximum absolute atomic E-state index is 11.6. The van der Waals surface area contributed by atoms with Crippen LogP contribution in [0.2, 0.25) is 0 Å². The van der Waals surface area contributed by atoms with Gasteiger partial charge in [-0.1, -0.05) is 13.0 Å². The number of ether oxygens (including phenoxy) is 3. The summed E-state index contributed by atoms with van der Waals surface area (Å²) < 4.78 is 16.7. The molecule has 120 valence electrons. The molecule has 0 aromatic rings. The largest absolute Gasteiger partial charge is 0.463 e. The van der Waals surface area contributed by atoms with Gasteiger partial charge in [0, 0.05) is 18.4 Å². The second kappa shape index (κ2) is 6.93. The molecule has 0 N–H and O–H groups in total. The van der Waals surface area contributed by atoms with E-state index >= 15 is 0 Å². The average molecular weight is 296 g/mol. The Kier molecular flexibility index (Phi) is 5.44. The van der Waals surface area contributed by atoms with Crippen LogP contribution in [0.1, 0.15) is 59.3 Å². The molecule has 1 saturated heterocycles. The molecule has 1 aliphatic carbocycles. The van der Waals surface area contributed by atoms with Gasteiger partial charge in [-0.3, -0.25) is 0 Å². The highest BCUT2D eigenvalue weighted by Crippen LogP contribution is 2.47. The first-order valence-electron chi connectivity index (χ1n) is 8.10. The molecule has 1 aliphatic heterocycles. The number of carbonyl (C=O) groups excluding carboxylic acids is 1. The van der Waals surface area contributed by atoms with Crippen molar-refractivity contribution in [2.75, 3.05) is 19.8 Å². The molecule has 1 spiro atoms. The van der Waals surface area contributed by atoms with Crippen molar-refractivity contribution >= 4 is 5.97 Å². The molecular weight excluding hydrogens is 268 g/mol. The van der Waals surface area contributed by atoms with E-state index in [1.807, 2.05) is 19.9 Å². The van der Waals surface area contributed by atoms with E-state index in [1.165, 1.54) is 6.42 Å². The van der Waals surface area contributed by atoms with E-state index in [2.05, 4.69) is 6.92 Å². The first-order valence-corrected chi connectivity index (χ1v) is 8.10. The molecule has 0 amide bonds. The smallest absolute Gasteiger partial charge is 0.333 e. The Balaban J connectivity index is 1.86. The summed E-state index contributed by atoms with van der Waals surface area (Å²) in [5, 5.41) is 0. The highest BCUT2D eigenvalue weighted by Gasteiger charge is 2.45. The van der Waals surface area contributed by atoms with E-state index < -0.39 is 0 Å². The van der Waals surface area contributed by atoms with Crippen LogP contribution in [0, 0.1) is 5.41 Å². The zero-order chi connectivity index (χ0) is 15.3. The molecule has 21 heavy (non-hydrogen) atoms. The summed E-state index contributed by atoms with van der Waals surface area (Å²) >= 11 is 0. The molecule has 1 atom stereocenters. The molecule has 2 fully saturated rings. The van der Waals surface area contributed by atoms with E-state index in [0.717, 1.165) is 45.3 Å². The first kappa shape index (κ1) is 16.5. The first-order chi connectivity index (χ1) is 9.99. The van der Waals surface area contributed by atoms with Crippen molar-refractivity contribution < 1.29 is 19.0 Å². The van der Waals surface area contributed by atoms with E-state index in [4.69, 9.17) is 14.2 Å². The minimum atomic E-state index is -0.326. The standard InChI is InChI=1S/C17H28O4/c1-4-19-15(18)14(2)7-5-8-16(3)9-6-10-17(13-16)20-11-12-21-17/h7H,4-6,8-13H2,1-3H3/b14-7+. The molecule has 0 aromatic heterocycles. The van der Waals surface area contributed by atoms with Crippen LogP contribution in [-0.4, -0.2) is 31.6 Å². The number of hydrogen-bond donors (Lipinski definition) is 0. The number of allylic oxidation sites excluding steroid dienone is 1. The maximum Gasteiger partial charge on any atom is 0.333 e. The predicted molar refractivity (Wildman–Crippen MR) is 80.8 cm³/mol. The van der Waals surface area contributed by atoms with E-state index in [-0.39, 0.29) is 17.2 Å². The Morgan fingerprint density at radius 1 is 1.29 bits per heavy atom. The Labute approximate surface area is 127 Å². The van der Waals surface area contributed by atoms with Gasteiger partial charge in [-0.25, -0.2) is 4.79 Å². The molecule has 1 unspecified atom stereocenters. The number of rotatable bonds is 5. The van der Waals surface area contributed by atoms with E-state index in [1.54, 1.807) is 0 Å². The van der Waals surface area contributed by atoms with Crippen LogP contribution >= 0.6 is 0 Å². The van der Waals surface area contributed by atoms with Crippen molar-refractivity contribution in [2.45, 2.75) is 65.1 Å². The lowest BCUT2D eigenvalue weighted by Gasteiger charge is -2.43. The summed E-state index contributed by atoms with van der Waals surface area (Å²) in [6.07, 6.45) is 8.29. The third kappa shape index (κ3) is 4.30. The van der Waals surface area contributed by atoms with Gasteiger partial charge in [-0.2, -0.15) is 0 Å². The van der Waals surface area contributed by atoms with Crippen molar-refractivity contribution in [3.8, 4) is 0 Å². The number of carbonyl (C=O) groups is 1. The van der Waals surface area contributed by atoms with E-state index in [9.17, 15) is 4.79 Å². The fourth-order valence-corrected chi connectivity index (χ4v) is 3.53. The predicted octanol–water partition coefficient (Wildman–Crippen LogP) is 3.60. The molecule has 0 radical (unpaired) electrons. The van der Waals surface area contributed by atoms with Crippen molar-refractivity contribution in [1.82, 2.24) is 0 Å². The normalized spacial score (nSPS) is 28.8. The lowest BCUT2D eigenvalue weighted by Crippen LogP contribution is -2.41. The Hall–Kier alpha value is -0.870. The highest BCUT2D eigenvalue weighted by molar-refractivity contribution is 5.87. The summed E-state index contributed by atoms with van der Waals surface area (Å²) in [7, 11) is 0. The molecular formula is C17H28O4. The van der Waals surface area contributed by atoms with Gasteiger partial charge in [0.1, 0.15) is 0 Å². The Morgan fingerprint density at radius 3 is 2.67 bits per heavy atom. The molecule has 1 saturated carbocycles. The van der Waals surface area contributed by atoms with Crippen LogP contribution in [0.15, 0.2) is 11.6 Å². The Morgan fingerprint density at radius 2 is 2.00 bits per heavy atom. The molecule has 2 rings (SSSR count). The molecule has 4 nitrogen and oxygen atoms in total. The second-order valence-corrected chi connectivity index (χ2v) is 6.59. The van der Waals surface area contributed by atoms with E-state index in [0.29, 0.717) is 12.2 Å². The molecule has 0 aromatic carbocycles. The fraction of sp³-hybridized carbons (Fsp3) is 0.824. The SMILES string of the molecule is CCOC(=O)/C(C)=C/CCC1(C)CCCC2(C1)OCCO2. The zero-order valence-corrected chi connectivity index (χ0v) is 13.6. The van der Waals surface area contributed by atoms with Crippen LogP contribution in [0.5, 0.6) is 0 Å². The summed E-state index contributed by atoms with van der Waals surface area (Å²) in [5.74, 6) is -0.530. The third-order valence-electron chi connectivity index (χ3n) is 4.64. The summed E-state index contributed by atoms with van der Waals surface area (Å²) in [4.78, 5) is 11.6. The van der Waals surface area contributed by atoms with Crippen molar-refractivity contribution in [3.63, 3.8) is 0 Å². The summed E-state index contributed by atoms with van der Waals surface area (Å²) in [6.45, 7) is 7.84. The number of esters is 1. The van der Waals surface area contributed by atoms with Crippen LogP contribution in [-0.2, 0) is 19.0 Å². The van der Waals surface area contributed by atoms with Crippen LogP contribution < -0.4 is 0 Å². The van der Waals surface area contributed by atoms with Crippen LogP contribution in [0.4, 0.5) is 0 Å². The van der Waals surface area contributed by atoms with Crippen LogP contribution in [0.3, 0.4) is 0 Å². The van der Waals surface area contributed by atoms with Gasteiger partial charge in [-0.15, -0.1) is 0 Å². The van der Waals surface area contributed by atoms with Gasteiger partial charge in [0.15, 0.2) is 5.79 Å². The fourth-order valence-electron chi connectivity index (χ4n) is 3.53. The highest BCUT2D eigenvalue weighted by atomic mass is 16.7. The maximum atomic E-state index is 11.6. The van der Waals surface area contributed by atoms with Gasteiger partial charge in [0.25, 0.3) is 0 Å². The quantitative estimate of drug-likeness (QED) is 0.574. The minimum absolute atomic E-state index is 0.203. The van der Waals surface area contributed by atoms with Gasteiger partial charge in [0.05, 0.1) is 19.8 Å². The Bertz CT molecular complexity index is 396. The zero-order valence-electron chi connectivity index (χ0n) is 13.6. The topological polar surface area (TPSA) is 44.8 Å². The van der Waals surface area contributed by atoms with Gasteiger partial charge < -0.3 is 14.2 Å². The van der Waals surface area contributed by atoms with Gasteiger partial charge >= 0.3 is 5.97 Å². The van der Waals surface area contributed by atoms with Crippen molar-refractivity contribution in [1.29, 1.82) is 0 Å². The average Bonchev–Trinajstić information content (AvgIpc) is 2.86. The lowest BCUT2D eigenvalue weighted by molar-refractivity contribution is -0.200. The molecule has 0 bridgehead atoms. The lowest BCUT2D eigenvalue weighted by atomic mass is 9.70. The molecule has 4 heteroatoms. The summed E-state index contributed by atoms with van der Waals surface area (Å²) in [5.41, 5.74) is 0.938. The van der Waals surface area contributed by atoms with Crippen molar-refractivity contribution in [2.24, 2.45) is 5.41 Å². The number of hydrogen-bond acceptors (Lipinski definition) is 4. The minimum Gasteiger partial charge on any atom is -0.463 e. The molecule has 1 heterocycles. The second-order valence-electron chi connectivity index (χ2n) is 6.59. The van der Waals surface area contributed by atoms with Gasteiger partial charge in [0.2, 0.25) is 0 Å². The van der Waals surface area contributed by atoms with Gasteiger partial charge in [-0.05, 0) is 44.9 Å². The monoisotopic (exact) mass is 296 g/mol.